The molecule has 128 valence electrons. The number of hydrogen-bond acceptors (Lipinski definition) is 4. The van der Waals surface area contributed by atoms with Crippen molar-refractivity contribution in [2.24, 2.45) is 0 Å². The zero-order valence-corrected chi connectivity index (χ0v) is 14.8. The molecule has 1 aromatic carbocycles. The zero-order chi connectivity index (χ0) is 17.2. The Morgan fingerprint density at radius 1 is 1.39 bits per heavy atom. The first-order valence-electron chi connectivity index (χ1n) is 7.82. The maximum atomic E-state index is 13.3. The summed E-state index contributed by atoms with van der Waals surface area (Å²) in [6.07, 6.45) is 1.36. The first-order chi connectivity index (χ1) is 10.8. The van der Waals surface area contributed by atoms with Crippen LogP contribution in [-0.4, -0.2) is 47.6 Å². The third-order valence-corrected chi connectivity index (χ3v) is 7.69. The number of nitrogen functional groups attached to an aromatic ring is 1. The molecule has 1 aliphatic rings. The molecule has 1 amide bonds. The number of carboxylic acid groups (broad SMARTS) is 1. The van der Waals surface area contributed by atoms with Crippen molar-refractivity contribution in [1.82, 2.24) is 4.90 Å². The zero-order valence-electron chi connectivity index (χ0n) is 13.9. The minimum Gasteiger partial charge on any atom is -0.495 e. The van der Waals surface area contributed by atoms with E-state index < -0.39 is 13.2 Å². The van der Waals surface area contributed by atoms with Crippen molar-refractivity contribution in [2.45, 2.75) is 38.8 Å². The summed E-state index contributed by atoms with van der Waals surface area (Å²) < 4.78 is 18.5. The summed E-state index contributed by atoms with van der Waals surface area (Å²) in [4.78, 5) is 12.9. The summed E-state index contributed by atoms with van der Waals surface area (Å²) >= 11 is 0. The molecule has 6 nitrogen and oxygen atoms in total. The van der Waals surface area contributed by atoms with Gasteiger partial charge in [0, 0.05) is 29.7 Å². The van der Waals surface area contributed by atoms with E-state index in [9.17, 15) is 14.5 Å². The highest BCUT2D eigenvalue weighted by atomic mass is 31.2. The third-order valence-electron chi connectivity index (χ3n) is 4.51. The van der Waals surface area contributed by atoms with Gasteiger partial charge in [0.25, 0.3) is 0 Å². The Hall–Kier alpha value is -1.68. The molecule has 0 saturated carbocycles. The van der Waals surface area contributed by atoms with Crippen LogP contribution in [0.4, 0.5) is 10.5 Å². The molecule has 0 atom stereocenters. The Kier molecular flexibility index (Phi) is 5.25. The second kappa shape index (κ2) is 6.83. The maximum Gasteiger partial charge on any atom is 0.407 e. The standard InChI is InChI=1S/C16H25N2O4P/c1-11(2)18(16(19)20)12-6-8-23(21,9-7-12)13-4-5-14(17)15(10-13)22-3/h4-5,10-12H,6-9,17H2,1-3H3,(H,19,20). The average molecular weight is 340 g/mol. The molecule has 0 bridgehead atoms. The number of carbonyl (C=O) groups is 1. The number of rotatable bonds is 4. The van der Waals surface area contributed by atoms with Crippen LogP contribution in [-0.2, 0) is 4.57 Å². The minimum atomic E-state index is -2.52. The number of amides is 1. The van der Waals surface area contributed by atoms with Gasteiger partial charge in [-0.1, -0.05) is 0 Å². The van der Waals surface area contributed by atoms with Crippen molar-refractivity contribution in [3.05, 3.63) is 18.2 Å². The van der Waals surface area contributed by atoms with Crippen LogP contribution in [0.3, 0.4) is 0 Å². The Bertz CT molecular complexity index is 621. The van der Waals surface area contributed by atoms with Crippen LogP contribution < -0.4 is 15.8 Å². The van der Waals surface area contributed by atoms with Crippen LogP contribution in [0.5, 0.6) is 5.75 Å². The van der Waals surface area contributed by atoms with Gasteiger partial charge in [-0.05, 0) is 44.9 Å². The summed E-state index contributed by atoms with van der Waals surface area (Å²) in [5, 5.41) is 10.1. The lowest BCUT2D eigenvalue weighted by Gasteiger charge is -2.37. The van der Waals surface area contributed by atoms with Gasteiger partial charge in [-0.25, -0.2) is 4.79 Å². The van der Waals surface area contributed by atoms with Crippen LogP contribution in [0, 0.1) is 0 Å². The normalized spacial score (nSPS) is 24.4. The fourth-order valence-electron chi connectivity index (χ4n) is 3.26. The van der Waals surface area contributed by atoms with E-state index in [0.717, 1.165) is 5.30 Å². The molecule has 1 aliphatic heterocycles. The predicted octanol–water partition coefficient (Wildman–Crippen LogP) is 2.82. The van der Waals surface area contributed by atoms with Gasteiger partial charge in [0.15, 0.2) is 0 Å². The summed E-state index contributed by atoms with van der Waals surface area (Å²) in [7, 11) is -0.981. The van der Waals surface area contributed by atoms with E-state index >= 15 is 0 Å². The van der Waals surface area contributed by atoms with Crippen molar-refractivity contribution in [2.75, 3.05) is 25.2 Å². The molecule has 0 aliphatic carbocycles. The SMILES string of the molecule is COc1cc(P2(=O)CCC(N(C(=O)O)C(C)C)CC2)ccc1N. The van der Waals surface area contributed by atoms with E-state index in [-0.39, 0.29) is 12.1 Å². The molecule has 2 rings (SSSR count). The van der Waals surface area contributed by atoms with Gasteiger partial charge in [0.1, 0.15) is 12.9 Å². The van der Waals surface area contributed by atoms with Gasteiger partial charge < -0.3 is 25.0 Å². The van der Waals surface area contributed by atoms with Gasteiger partial charge >= 0.3 is 6.09 Å². The molecule has 1 saturated heterocycles. The first kappa shape index (κ1) is 17.7. The molecule has 0 spiro atoms. The highest BCUT2D eigenvalue weighted by Gasteiger charge is 2.36. The Morgan fingerprint density at radius 3 is 2.48 bits per heavy atom. The second-order valence-electron chi connectivity index (χ2n) is 6.28. The Labute approximate surface area is 137 Å². The van der Waals surface area contributed by atoms with Crippen molar-refractivity contribution in [3.63, 3.8) is 0 Å². The topological polar surface area (TPSA) is 92.9 Å². The number of benzene rings is 1. The van der Waals surface area contributed by atoms with Crippen molar-refractivity contribution in [3.8, 4) is 5.75 Å². The average Bonchev–Trinajstić information content (AvgIpc) is 2.49. The number of nitrogens with zero attached hydrogens (tertiary/aromatic N) is 1. The van der Waals surface area contributed by atoms with Crippen LogP contribution in [0.2, 0.25) is 0 Å². The summed E-state index contributed by atoms with van der Waals surface area (Å²) in [5.41, 5.74) is 6.34. The third kappa shape index (κ3) is 3.63. The monoisotopic (exact) mass is 340 g/mol. The quantitative estimate of drug-likeness (QED) is 0.649. The number of methoxy groups -OCH3 is 1. The molecule has 7 heteroatoms. The van der Waals surface area contributed by atoms with Crippen LogP contribution in [0.1, 0.15) is 26.7 Å². The van der Waals surface area contributed by atoms with Crippen LogP contribution in [0.25, 0.3) is 0 Å². The summed E-state index contributed by atoms with van der Waals surface area (Å²) in [5.74, 6) is 0.536. The lowest BCUT2D eigenvalue weighted by molar-refractivity contribution is 0.103. The minimum absolute atomic E-state index is 0.0646. The first-order valence-corrected chi connectivity index (χ1v) is 9.89. The lowest BCUT2D eigenvalue weighted by Crippen LogP contribution is -2.46. The molecule has 1 fully saturated rings. The van der Waals surface area contributed by atoms with E-state index in [1.165, 1.54) is 12.0 Å². The van der Waals surface area contributed by atoms with Crippen molar-refractivity contribution in [1.29, 1.82) is 0 Å². The van der Waals surface area contributed by atoms with E-state index in [2.05, 4.69) is 0 Å². The van der Waals surface area contributed by atoms with E-state index in [1.54, 1.807) is 18.2 Å². The molecule has 23 heavy (non-hydrogen) atoms. The second-order valence-corrected chi connectivity index (χ2v) is 9.47. The molecule has 3 N–H and O–H groups in total. The summed E-state index contributed by atoms with van der Waals surface area (Å²) in [6, 6.07) is 5.14. The lowest BCUT2D eigenvalue weighted by atomic mass is 10.1. The van der Waals surface area contributed by atoms with E-state index in [0.29, 0.717) is 36.6 Å². The fourth-order valence-corrected chi connectivity index (χ4v) is 6.13. The molecule has 0 radical (unpaired) electrons. The van der Waals surface area contributed by atoms with Crippen LogP contribution in [0.15, 0.2) is 18.2 Å². The number of anilines is 1. The van der Waals surface area contributed by atoms with Gasteiger partial charge in [0.2, 0.25) is 0 Å². The van der Waals surface area contributed by atoms with Gasteiger partial charge in [0.05, 0.1) is 12.8 Å². The smallest absolute Gasteiger partial charge is 0.407 e. The molecule has 0 aromatic heterocycles. The molecule has 1 aromatic rings. The number of ether oxygens (including phenoxy) is 1. The fraction of sp³-hybridized carbons (Fsp3) is 0.562. The van der Waals surface area contributed by atoms with E-state index in [1.807, 2.05) is 13.8 Å². The van der Waals surface area contributed by atoms with Gasteiger partial charge in [-0.3, -0.25) is 0 Å². The predicted molar refractivity (Wildman–Crippen MR) is 92.4 cm³/mol. The van der Waals surface area contributed by atoms with Crippen molar-refractivity contribution < 1.29 is 19.2 Å². The number of hydrogen-bond donors (Lipinski definition) is 2. The molecule has 1 heterocycles. The Balaban J connectivity index is 2.16. The molecular weight excluding hydrogens is 315 g/mol. The highest BCUT2D eigenvalue weighted by molar-refractivity contribution is 7.71. The summed E-state index contributed by atoms with van der Waals surface area (Å²) in [6.45, 7) is 3.74. The van der Waals surface area contributed by atoms with Crippen molar-refractivity contribution >= 4 is 24.2 Å². The maximum absolute atomic E-state index is 13.3. The Morgan fingerprint density at radius 2 is 2.00 bits per heavy atom. The highest BCUT2D eigenvalue weighted by Crippen LogP contribution is 2.50. The van der Waals surface area contributed by atoms with E-state index in [4.69, 9.17) is 10.5 Å². The molecular formula is C16H25N2O4P. The van der Waals surface area contributed by atoms with Gasteiger partial charge in [-0.2, -0.15) is 0 Å². The van der Waals surface area contributed by atoms with Gasteiger partial charge in [-0.15, -0.1) is 0 Å². The van der Waals surface area contributed by atoms with Crippen LogP contribution >= 0.6 is 7.14 Å². The number of nitrogens with two attached hydrogens (primary N) is 1. The molecule has 0 unspecified atom stereocenters. The largest absolute Gasteiger partial charge is 0.495 e.